The standard InChI is InChI=1S/C13H12N4/c1-9-3-2-4-10(7-9)11-5-6-17-12(8-11)15-13(14)16-17/h2-8H,1H3,(H2,14,16). The monoisotopic (exact) mass is 224 g/mol. The van der Waals surface area contributed by atoms with Gasteiger partial charge in [0.05, 0.1) is 0 Å². The van der Waals surface area contributed by atoms with Crippen LogP contribution < -0.4 is 5.73 Å². The molecule has 4 nitrogen and oxygen atoms in total. The Kier molecular flexibility index (Phi) is 2.08. The van der Waals surface area contributed by atoms with Crippen molar-refractivity contribution in [2.75, 3.05) is 5.73 Å². The SMILES string of the molecule is Cc1cccc(-c2ccn3nc(N)nc3c2)c1. The first kappa shape index (κ1) is 9.84. The Bertz CT molecular complexity index is 685. The fourth-order valence-electron chi connectivity index (χ4n) is 1.90. The lowest BCUT2D eigenvalue weighted by Gasteiger charge is -2.02. The van der Waals surface area contributed by atoms with E-state index in [1.54, 1.807) is 4.52 Å². The van der Waals surface area contributed by atoms with Crippen LogP contribution in [0.4, 0.5) is 5.95 Å². The summed E-state index contributed by atoms with van der Waals surface area (Å²) in [6.07, 6.45) is 1.87. The van der Waals surface area contributed by atoms with Gasteiger partial charge in [-0.15, -0.1) is 5.10 Å². The van der Waals surface area contributed by atoms with Crippen molar-refractivity contribution in [2.24, 2.45) is 0 Å². The highest BCUT2D eigenvalue weighted by atomic mass is 15.3. The second-order valence-electron chi connectivity index (χ2n) is 4.06. The minimum atomic E-state index is 0.298. The molecule has 0 aliphatic carbocycles. The van der Waals surface area contributed by atoms with Crippen molar-refractivity contribution in [3.8, 4) is 11.1 Å². The van der Waals surface area contributed by atoms with Gasteiger partial charge in [0.1, 0.15) is 0 Å². The van der Waals surface area contributed by atoms with Crippen molar-refractivity contribution in [3.05, 3.63) is 48.2 Å². The Balaban J connectivity index is 2.17. The van der Waals surface area contributed by atoms with Crippen LogP contribution in [0.3, 0.4) is 0 Å². The third-order valence-corrected chi connectivity index (χ3v) is 2.71. The summed E-state index contributed by atoms with van der Waals surface area (Å²) in [7, 11) is 0. The van der Waals surface area contributed by atoms with E-state index in [2.05, 4.69) is 35.2 Å². The Labute approximate surface area is 98.7 Å². The zero-order valence-corrected chi connectivity index (χ0v) is 9.46. The molecular formula is C13H12N4. The Morgan fingerprint density at radius 3 is 2.76 bits per heavy atom. The molecular weight excluding hydrogens is 212 g/mol. The molecule has 3 rings (SSSR count). The lowest BCUT2D eigenvalue weighted by Crippen LogP contribution is -1.89. The van der Waals surface area contributed by atoms with Gasteiger partial charge < -0.3 is 5.73 Å². The average Bonchev–Trinajstić information content (AvgIpc) is 2.68. The van der Waals surface area contributed by atoms with Crippen LogP contribution in [0.15, 0.2) is 42.6 Å². The van der Waals surface area contributed by atoms with E-state index in [1.165, 1.54) is 11.1 Å². The minimum absolute atomic E-state index is 0.298. The number of nitrogens with zero attached hydrogens (tertiary/aromatic N) is 3. The molecule has 2 N–H and O–H groups in total. The molecule has 0 saturated carbocycles. The number of fused-ring (bicyclic) bond motifs is 1. The van der Waals surface area contributed by atoms with E-state index in [0.717, 1.165) is 11.2 Å². The van der Waals surface area contributed by atoms with Crippen molar-refractivity contribution in [1.29, 1.82) is 0 Å². The highest BCUT2D eigenvalue weighted by Crippen LogP contribution is 2.21. The second kappa shape index (κ2) is 3.59. The summed E-state index contributed by atoms with van der Waals surface area (Å²) in [5.41, 5.74) is 9.86. The number of benzene rings is 1. The van der Waals surface area contributed by atoms with Gasteiger partial charge in [-0.3, -0.25) is 0 Å². The highest BCUT2D eigenvalue weighted by Gasteiger charge is 2.03. The van der Waals surface area contributed by atoms with Crippen molar-refractivity contribution in [3.63, 3.8) is 0 Å². The summed E-state index contributed by atoms with van der Waals surface area (Å²) in [6.45, 7) is 2.08. The number of hydrogen-bond acceptors (Lipinski definition) is 3. The van der Waals surface area contributed by atoms with Crippen LogP contribution in [0, 0.1) is 6.92 Å². The predicted molar refractivity (Wildman–Crippen MR) is 67.6 cm³/mol. The van der Waals surface area contributed by atoms with Crippen LogP contribution in [-0.4, -0.2) is 14.6 Å². The molecule has 3 aromatic rings. The Hall–Kier alpha value is -2.36. The lowest BCUT2D eigenvalue weighted by atomic mass is 10.1. The van der Waals surface area contributed by atoms with Crippen molar-refractivity contribution < 1.29 is 0 Å². The molecule has 17 heavy (non-hydrogen) atoms. The van der Waals surface area contributed by atoms with Gasteiger partial charge in [-0.25, -0.2) is 4.52 Å². The molecule has 4 heteroatoms. The van der Waals surface area contributed by atoms with Gasteiger partial charge in [-0.2, -0.15) is 4.98 Å². The van der Waals surface area contributed by atoms with Gasteiger partial charge in [0.15, 0.2) is 5.65 Å². The maximum atomic E-state index is 5.56. The summed E-state index contributed by atoms with van der Waals surface area (Å²) in [6, 6.07) is 12.3. The van der Waals surface area contributed by atoms with Crippen molar-refractivity contribution in [2.45, 2.75) is 6.92 Å². The molecule has 0 unspecified atom stereocenters. The summed E-state index contributed by atoms with van der Waals surface area (Å²) >= 11 is 0. The number of pyridine rings is 1. The lowest BCUT2D eigenvalue weighted by molar-refractivity contribution is 0.968. The van der Waals surface area contributed by atoms with E-state index >= 15 is 0 Å². The third-order valence-electron chi connectivity index (χ3n) is 2.71. The molecule has 0 bridgehead atoms. The minimum Gasteiger partial charge on any atom is -0.366 e. The van der Waals surface area contributed by atoms with Gasteiger partial charge in [0.25, 0.3) is 0 Å². The van der Waals surface area contributed by atoms with E-state index in [4.69, 9.17) is 5.73 Å². The zero-order chi connectivity index (χ0) is 11.8. The number of hydrogen-bond donors (Lipinski definition) is 1. The molecule has 0 aliphatic heterocycles. The molecule has 2 aromatic heterocycles. The van der Waals surface area contributed by atoms with Crippen molar-refractivity contribution in [1.82, 2.24) is 14.6 Å². The molecule has 0 amide bonds. The number of nitrogens with two attached hydrogens (primary N) is 1. The molecule has 0 fully saturated rings. The van der Waals surface area contributed by atoms with E-state index in [9.17, 15) is 0 Å². The molecule has 0 atom stereocenters. The van der Waals surface area contributed by atoms with Gasteiger partial charge >= 0.3 is 0 Å². The second-order valence-corrected chi connectivity index (χ2v) is 4.06. The Morgan fingerprint density at radius 2 is 1.94 bits per heavy atom. The van der Waals surface area contributed by atoms with E-state index in [0.29, 0.717) is 5.95 Å². The largest absolute Gasteiger partial charge is 0.366 e. The summed E-state index contributed by atoms with van der Waals surface area (Å²) in [5, 5.41) is 4.05. The quantitative estimate of drug-likeness (QED) is 0.690. The van der Waals surface area contributed by atoms with E-state index < -0.39 is 0 Å². The average molecular weight is 224 g/mol. The molecule has 0 aliphatic rings. The Morgan fingerprint density at radius 1 is 1.12 bits per heavy atom. The normalized spacial score (nSPS) is 10.9. The van der Waals surface area contributed by atoms with Crippen LogP contribution in [0.2, 0.25) is 0 Å². The maximum absolute atomic E-state index is 5.56. The molecule has 1 aromatic carbocycles. The summed E-state index contributed by atoms with van der Waals surface area (Å²) in [5.74, 6) is 0.298. The van der Waals surface area contributed by atoms with E-state index in [-0.39, 0.29) is 0 Å². The zero-order valence-electron chi connectivity index (χ0n) is 9.46. The summed E-state index contributed by atoms with van der Waals surface area (Å²) < 4.78 is 1.68. The topological polar surface area (TPSA) is 56.2 Å². The third kappa shape index (κ3) is 1.73. The van der Waals surface area contributed by atoms with Crippen LogP contribution in [-0.2, 0) is 0 Å². The fourth-order valence-corrected chi connectivity index (χ4v) is 1.90. The maximum Gasteiger partial charge on any atom is 0.240 e. The van der Waals surface area contributed by atoms with Gasteiger partial charge in [-0.05, 0) is 30.2 Å². The number of nitrogen functional groups attached to an aromatic ring is 1. The number of rotatable bonds is 1. The first-order chi connectivity index (χ1) is 8.22. The highest BCUT2D eigenvalue weighted by molar-refractivity contribution is 5.68. The van der Waals surface area contributed by atoms with Crippen LogP contribution in [0.1, 0.15) is 5.56 Å². The number of aromatic nitrogens is 3. The number of anilines is 1. The fraction of sp³-hybridized carbons (Fsp3) is 0.0769. The van der Waals surface area contributed by atoms with Crippen LogP contribution in [0.25, 0.3) is 16.8 Å². The molecule has 0 saturated heterocycles. The molecule has 0 radical (unpaired) electrons. The number of aryl methyl sites for hydroxylation is 1. The van der Waals surface area contributed by atoms with Gasteiger partial charge in [0.2, 0.25) is 5.95 Å². The molecule has 0 spiro atoms. The van der Waals surface area contributed by atoms with Crippen molar-refractivity contribution >= 4 is 11.6 Å². The van der Waals surface area contributed by atoms with Crippen LogP contribution in [0.5, 0.6) is 0 Å². The summed E-state index contributed by atoms with van der Waals surface area (Å²) in [4.78, 5) is 4.15. The van der Waals surface area contributed by atoms with Crippen LogP contribution >= 0.6 is 0 Å². The van der Waals surface area contributed by atoms with E-state index in [1.807, 2.05) is 24.4 Å². The first-order valence-electron chi connectivity index (χ1n) is 5.41. The first-order valence-corrected chi connectivity index (χ1v) is 5.41. The molecule has 2 heterocycles. The predicted octanol–water partition coefficient (Wildman–Crippen LogP) is 2.29. The van der Waals surface area contributed by atoms with Gasteiger partial charge in [0, 0.05) is 6.20 Å². The molecule has 84 valence electrons. The smallest absolute Gasteiger partial charge is 0.240 e. The van der Waals surface area contributed by atoms with Gasteiger partial charge in [-0.1, -0.05) is 29.8 Å².